The lowest BCUT2D eigenvalue weighted by atomic mass is 10.0. The second kappa shape index (κ2) is 19.4. The summed E-state index contributed by atoms with van der Waals surface area (Å²) in [4.78, 5) is 26.5. The van der Waals surface area contributed by atoms with E-state index in [1.807, 2.05) is 84.9 Å². The third-order valence-corrected chi connectivity index (χ3v) is 14.4. The summed E-state index contributed by atoms with van der Waals surface area (Å²) >= 11 is 14.4. The SMILES string of the molecule is CCOC(=O)C(C)Oc1c(Cl)ccc(P(c2ccccc2)c2ccccc2)c1-c1c(P(c2ccccc2)c2ccccc2)ccc(Cl)c1OC(C)C(=O)OCC. The van der Waals surface area contributed by atoms with Crippen LogP contribution in [0, 0.1) is 0 Å². The van der Waals surface area contributed by atoms with Gasteiger partial charge < -0.3 is 18.9 Å². The zero-order chi connectivity index (χ0) is 39.6. The second-order valence-electron chi connectivity index (χ2n) is 12.6. The van der Waals surface area contributed by atoms with Crippen LogP contribution in [-0.2, 0) is 19.1 Å². The van der Waals surface area contributed by atoms with Crippen LogP contribution in [-0.4, -0.2) is 37.4 Å². The van der Waals surface area contributed by atoms with Crippen LogP contribution in [0.2, 0.25) is 10.0 Å². The van der Waals surface area contributed by atoms with E-state index in [2.05, 4.69) is 48.5 Å². The number of benzene rings is 6. The molecule has 6 nitrogen and oxygen atoms in total. The maximum Gasteiger partial charge on any atom is 0.347 e. The smallest absolute Gasteiger partial charge is 0.347 e. The van der Waals surface area contributed by atoms with Crippen molar-refractivity contribution in [1.82, 2.24) is 0 Å². The van der Waals surface area contributed by atoms with Gasteiger partial charge in [0.15, 0.2) is 12.2 Å². The van der Waals surface area contributed by atoms with Crippen molar-refractivity contribution in [3.8, 4) is 22.6 Å². The fourth-order valence-electron chi connectivity index (χ4n) is 6.31. The predicted molar refractivity (Wildman–Crippen MR) is 233 cm³/mol. The number of carbonyl (C=O) groups excluding carboxylic acids is 2. The summed E-state index contributed by atoms with van der Waals surface area (Å²) in [6.07, 6.45) is -2.06. The molecule has 6 aromatic rings. The summed E-state index contributed by atoms with van der Waals surface area (Å²) in [5.41, 5.74) is 1.19. The van der Waals surface area contributed by atoms with Crippen LogP contribution in [0.3, 0.4) is 0 Å². The van der Waals surface area contributed by atoms with Gasteiger partial charge in [-0.2, -0.15) is 0 Å². The molecular formula is C46H42Cl2O6P2. The third-order valence-electron chi connectivity index (χ3n) is 8.79. The van der Waals surface area contributed by atoms with Crippen molar-refractivity contribution in [2.75, 3.05) is 13.2 Å². The summed E-state index contributed by atoms with van der Waals surface area (Å²) in [5.74, 6) is -0.555. The first-order valence-corrected chi connectivity index (χ1v) is 21.8. The Morgan fingerprint density at radius 1 is 0.482 bits per heavy atom. The molecule has 286 valence electrons. The first kappa shape index (κ1) is 40.9. The maximum absolute atomic E-state index is 13.2. The van der Waals surface area contributed by atoms with E-state index in [9.17, 15) is 9.59 Å². The molecule has 0 N–H and O–H groups in total. The molecule has 2 unspecified atom stereocenters. The van der Waals surface area contributed by atoms with Gasteiger partial charge in [0.25, 0.3) is 0 Å². The third kappa shape index (κ3) is 9.28. The number of esters is 2. The molecule has 0 heterocycles. The van der Waals surface area contributed by atoms with Gasteiger partial charge in [0.1, 0.15) is 11.5 Å². The molecular weight excluding hydrogens is 781 g/mol. The summed E-state index contributed by atoms with van der Waals surface area (Å²) in [6.45, 7) is 7.14. The minimum absolute atomic E-state index is 0.182. The van der Waals surface area contributed by atoms with E-state index in [1.165, 1.54) is 0 Å². The van der Waals surface area contributed by atoms with E-state index in [0.717, 1.165) is 31.8 Å². The van der Waals surface area contributed by atoms with Crippen molar-refractivity contribution >= 4 is 82.8 Å². The van der Waals surface area contributed by atoms with Crippen LogP contribution in [0.1, 0.15) is 27.7 Å². The number of ether oxygens (including phenoxy) is 4. The molecule has 0 spiro atoms. The molecule has 6 rings (SSSR count). The average molecular weight is 824 g/mol. The molecule has 0 fully saturated rings. The number of hydrogen-bond donors (Lipinski definition) is 0. The van der Waals surface area contributed by atoms with Crippen LogP contribution in [0.5, 0.6) is 11.5 Å². The number of halogens is 2. The number of rotatable bonds is 15. The van der Waals surface area contributed by atoms with E-state index in [4.69, 9.17) is 42.1 Å². The van der Waals surface area contributed by atoms with Gasteiger partial charge in [-0.15, -0.1) is 0 Å². The van der Waals surface area contributed by atoms with Crippen molar-refractivity contribution < 1.29 is 28.5 Å². The molecule has 0 saturated carbocycles. The lowest BCUT2D eigenvalue weighted by Crippen LogP contribution is -2.31. The van der Waals surface area contributed by atoms with Crippen LogP contribution in [0.25, 0.3) is 11.1 Å². The van der Waals surface area contributed by atoms with Crippen molar-refractivity contribution in [3.05, 3.63) is 156 Å². The van der Waals surface area contributed by atoms with E-state index in [1.54, 1.807) is 39.8 Å². The zero-order valence-electron chi connectivity index (χ0n) is 31.5. The van der Waals surface area contributed by atoms with Gasteiger partial charge in [0.2, 0.25) is 0 Å². The Hall–Kier alpha value is -4.70. The second-order valence-corrected chi connectivity index (χ2v) is 17.8. The highest BCUT2D eigenvalue weighted by molar-refractivity contribution is 7.80. The molecule has 0 aromatic heterocycles. The fourth-order valence-corrected chi connectivity index (χ4v) is 11.6. The molecule has 0 aliphatic heterocycles. The van der Waals surface area contributed by atoms with Crippen LogP contribution in [0.15, 0.2) is 146 Å². The highest BCUT2D eigenvalue weighted by Gasteiger charge is 2.34. The molecule has 56 heavy (non-hydrogen) atoms. The van der Waals surface area contributed by atoms with Gasteiger partial charge in [-0.1, -0.05) is 157 Å². The van der Waals surface area contributed by atoms with E-state index in [-0.39, 0.29) is 34.8 Å². The topological polar surface area (TPSA) is 71.1 Å². The Kier molecular flexibility index (Phi) is 14.2. The van der Waals surface area contributed by atoms with Crippen molar-refractivity contribution in [3.63, 3.8) is 0 Å². The van der Waals surface area contributed by atoms with E-state index in [0.29, 0.717) is 11.1 Å². The highest BCUT2D eigenvalue weighted by atomic mass is 35.5. The van der Waals surface area contributed by atoms with Crippen LogP contribution < -0.4 is 41.3 Å². The predicted octanol–water partition coefficient (Wildman–Crippen LogP) is 8.84. The summed E-state index contributed by atoms with van der Waals surface area (Å²) in [6, 6.07) is 48.7. The minimum atomic E-state index is -1.30. The molecule has 0 saturated heterocycles. The monoisotopic (exact) mass is 822 g/mol. The minimum Gasteiger partial charge on any atom is -0.477 e. The number of carbonyl (C=O) groups is 2. The quantitative estimate of drug-likeness (QED) is 0.0762. The zero-order valence-corrected chi connectivity index (χ0v) is 34.8. The number of hydrogen-bond acceptors (Lipinski definition) is 6. The summed E-state index contributed by atoms with van der Waals surface area (Å²) in [5, 5.41) is 6.58. The molecule has 0 bridgehead atoms. The highest BCUT2D eigenvalue weighted by Crippen LogP contribution is 2.51. The molecule has 0 aliphatic rings. The standard InChI is InChI=1S/C46H42Cl2O6P2/c1-5-51-45(49)31(3)53-43-37(47)27-29-39(55(33-19-11-7-12-20-33)34-21-13-8-14-22-34)41(43)42-40(30-28-38(48)44(42)54-32(4)46(50)52-6-2)56(35-23-15-9-16-24-35)36-25-17-10-18-26-36/h7-32H,5-6H2,1-4H3. The largest absolute Gasteiger partial charge is 0.477 e. The van der Waals surface area contributed by atoms with Gasteiger partial charge in [0.05, 0.1) is 23.3 Å². The van der Waals surface area contributed by atoms with Gasteiger partial charge in [0, 0.05) is 11.1 Å². The first-order chi connectivity index (χ1) is 27.2. The Morgan fingerprint density at radius 3 is 1.04 bits per heavy atom. The maximum atomic E-state index is 13.2. The molecule has 2 atom stereocenters. The van der Waals surface area contributed by atoms with E-state index >= 15 is 0 Å². The van der Waals surface area contributed by atoms with Gasteiger partial charge >= 0.3 is 11.9 Å². The fraction of sp³-hybridized carbons (Fsp3) is 0.174. The lowest BCUT2D eigenvalue weighted by molar-refractivity contribution is -0.151. The van der Waals surface area contributed by atoms with Crippen molar-refractivity contribution in [2.24, 2.45) is 0 Å². The molecule has 0 aliphatic carbocycles. The lowest BCUT2D eigenvalue weighted by Gasteiger charge is -2.30. The van der Waals surface area contributed by atoms with Crippen LogP contribution >= 0.6 is 39.0 Å². The summed E-state index contributed by atoms with van der Waals surface area (Å²) in [7, 11) is -2.61. The Balaban J connectivity index is 1.78. The van der Waals surface area contributed by atoms with Crippen molar-refractivity contribution in [1.29, 1.82) is 0 Å². The van der Waals surface area contributed by atoms with Crippen LogP contribution in [0.4, 0.5) is 0 Å². The average Bonchev–Trinajstić information content (AvgIpc) is 3.22. The Morgan fingerprint density at radius 2 is 0.768 bits per heavy atom. The summed E-state index contributed by atoms with van der Waals surface area (Å²) < 4.78 is 24.1. The molecule has 10 heteroatoms. The molecule has 0 radical (unpaired) electrons. The first-order valence-electron chi connectivity index (χ1n) is 18.4. The Bertz CT molecular complexity index is 2000. The molecule has 0 amide bonds. The normalized spacial score (nSPS) is 12.2. The van der Waals surface area contributed by atoms with Gasteiger partial charge in [-0.3, -0.25) is 0 Å². The van der Waals surface area contributed by atoms with Gasteiger partial charge in [-0.25, -0.2) is 9.59 Å². The Labute approximate surface area is 341 Å². The molecule has 6 aromatic carbocycles. The van der Waals surface area contributed by atoms with E-state index < -0.39 is 40.0 Å². The van der Waals surface area contributed by atoms with Crippen molar-refractivity contribution in [2.45, 2.75) is 39.9 Å². The van der Waals surface area contributed by atoms with Gasteiger partial charge in [-0.05, 0) is 87.5 Å².